The predicted molar refractivity (Wildman–Crippen MR) is 68.3 cm³/mol. The van der Waals surface area contributed by atoms with Gasteiger partial charge in [-0.25, -0.2) is 0 Å². The molecule has 21 heavy (non-hydrogen) atoms. The molecule has 0 atom stereocenters. The van der Waals surface area contributed by atoms with E-state index in [4.69, 9.17) is 16.7 Å². The van der Waals surface area contributed by atoms with Gasteiger partial charge < -0.3 is 9.84 Å². The first-order valence-electron chi connectivity index (χ1n) is 5.61. The van der Waals surface area contributed by atoms with Crippen LogP contribution in [0.4, 0.5) is 18.9 Å². The van der Waals surface area contributed by atoms with Gasteiger partial charge >= 0.3 is 12.1 Å². The summed E-state index contributed by atoms with van der Waals surface area (Å²) in [6.07, 6.45) is -4.56. The number of nitrogens with zero attached hydrogens (tertiary/aromatic N) is 1. The Morgan fingerprint density at radius 2 is 1.81 bits per heavy atom. The summed E-state index contributed by atoms with van der Waals surface area (Å²) in [7, 11) is 0. The topological polar surface area (TPSA) is 66.8 Å². The zero-order chi connectivity index (χ0) is 16.0. The number of anilines is 1. The molecule has 1 amide bonds. The summed E-state index contributed by atoms with van der Waals surface area (Å²) in [4.78, 5) is 23.3. The van der Waals surface area contributed by atoms with Gasteiger partial charge in [0.15, 0.2) is 0 Å². The molecule has 1 N–H and O–H groups in total. The van der Waals surface area contributed by atoms with Crippen LogP contribution in [0.3, 0.4) is 0 Å². The van der Waals surface area contributed by atoms with E-state index in [0.717, 1.165) is 4.90 Å². The van der Waals surface area contributed by atoms with Gasteiger partial charge in [0.2, 0.25) is 0 Å². The van der Waals surface area contributed by atoms with Crippen molar-refractivity contribution in [1.82, 2.24) is 0 Å². The number of benzene rings is 1. The molecular weight excluding hydrogens is 315 g/mol. The van der Waals surface area contributed by atoms with Crippen molar-refractivity contribution in [3.63, 3.8) is 0 Å². The van der Waals surface area contributed by atoms with Gasteiger partial charge in [0.1, 0.15) is 19.8 Å². The average molecular weight is 326 g/mol. The summed E-state index contributed by atoms with van der Waals surface area (Å²) >= 11 is 5.67. The fraction of sp³-hybridized carbons (Fsp3) is 0.333. The van der Waals surface area contributed by atoms with Gasteiger partial charge in [0.05, 0.1) is 0 Å². The highest BCUT2D eigenvalue weighted by Crippen LogP contribution is 2.19. The second kappa shape index (κ2) is 7.28. The van der Waals surface area contributed by atoms with Crippen molar-refractivity contribution in [2.75, 3.05) is 24.7 Å². The number of hydrogen-bond acceptors (Lipinski definition) is 3. The van der Waals surface area contributed by atoms with Crippen LogP contribution in [0.5, 0.6) is 0 Å². The van der Waals surface area contributed by atoms with Crippen molar-refractivity contribution in [2.24, 2.45) is 0 Å². The molecule has 0 aliphatic carbocycles. The number of halogens is 4. The Kier molecular flexibility index (Phi) is 5.98. The van der Waals surface area contributed by atoms with Crippen LogP contribution in [0, 0.1) is 0 Å². The van der Waals surface area contributed by atoms with E-state index >= 15 is 0 Å². The number of hydrogen-bond donors (Lipinski definition) is 1. The molecule has 0 aliphatic heterocycles. The molecule has 0 unspecified atom stereocenters. The number of carbonyl (C=O) groups excluding carboxylic acids is 1. The van der Waals surface area contributed by atoms with Crippen LogP contribution in [-0.4, -0.2) is 42.9 Å². The van der Waals surface area contributed by atoms with E-state index in [9.17, 15) is 22.8 Å². The lowest BCUT2D eigenvalue weighted by Gasteiger charge is -2.21. The zero-order valence-electron chi connectivity index (χ0n) is 10.6. The average Bonchev–Trinajstić information content (AvgIpc) is 2.35. The maximum Gasteiger partial charge on any atom is 0.411 e. The third-order valence-electron chi connectivity index (χ3n) is 2.22. The van der Waals surface area contributed by atoms with E-state index < -0.39 is 37.8 Å². The van der Waals surface area contributed by atoms with Crippen molar-refractivity contribution in [2.45, 2.75) is 6.18 Å². The fourth-order valence-electron chi connectivity index (χ4n) is 1.41. The summed E-state index contributed by atoms with van der Waals surface area (Å²) in [5.41, 5.74) is 0.197. The first-order valence-corrected chi connectivity index (χ1v) is 5.99. The summed E-state index contributed by atoms with van der Waals surface area (Å²) in [5.74, 6) is -2.21. The van der Waals surface area contributed by atoms with E-state index in [1.807, 2.05) is 0 Å². The lowest BCUT2D eigenvalue weighted by molar-refractivity contribution is -0.175. The van der Waals surface area contributed by atoms with Crippen LogP contribution >= 0.6 is 11.6 Å². The van der Waals surface area contributed by atoms with E-state index in [-0.39, 0.29) is 5.69 Å². The first-order chi connectivity index (χ1) is 9.69. The Bertz CT molecular complexity index is 504. The number of amides is 1. The van der Waals surface area contributed by atoms with Crippen LogP contribution in [0.25, 0.3) is 0 Å². The molecule has 0 bridgehead atoms. The van der Waals surface area contributed by atoms with Crippen molar-refractivity contribution in [3.8, 4) is 0 Å². The normalized spacial score (nSPS) is 11.2. The summed E-state index contributed by atoms with van der Waals surface area (Å²) in [6, 6.07) is 5.62. The van der Waals surface area contributed by atoms with E-state index in [0.29, 0.717) is 5.02 Å². The van der Waals surface area contributed by atoms with Gasteiger partial charge in [-0.05, 0) is 24.3 Å². The van der Waals surface area contributed by atoms with Crippen molar-refractivity contribution in [3.05, 3.63) is 29.3 Å². The molecule has 0 heterocycles. The Balaban J connectivity index is 2.75. The molecule has 0 fully saturated rings. The Morgan fingerprint density at radius 3 is 2.29 bits per heavy atom. The van der Waals surface area contributed by atoms with Crippen LogP contribution in [0.2, 0.25) is 5.02 Å². The number of aliphatic carboxylic acids is 1. The number of ether oxygens (including phenoxy) is 1. The van der Waals surface area contributed by atoms with Gasteiger partial charge in [0.25, 0.3) is 5.91 Å². The number of carboxylic acid groups (broad SMARTS) is 1. The molecular formula is C12H11ClF3NO4. The lowest BCUT2D eigenvalue weighted by Crippen LogP contribution is -2.38. The molecule has 5 nitrogen and oxygen atoms in total. The third-order valence-corrected chi connectivity index (χ3v) is 2.48. The van der Waals surface area contributed by atoms with Crippen molar-refractivity contribution >= 4 is 29.2 Å². The Labute approximate surface area is 122 Å². The minimum Gasteiger partial charge on any atom is -0.480 e. The van der Waals surface area contributed by atoms with Crippen LogP contribution in [-0.2, 0) is 14.3 Å². The van der Waals surface area contributed by atoms with Crippen molar-refractivity contribution in [1.29, 1.82) is 0 Å². The minimum absolute atomic E-state index is 0.197. The number of rotatable bonds is 6. The van der Waals surface area contributed by atoms with Gasteiger partial charge in [-0.1, -0.05) is 11.6 Å². The summed E-state index contributed by atoms with van der Waals surface area (Å²) < 4.78 is 40.0. The molecule has 9 heteroatoms. The quantitative estimate of drug-likeness (QED) is 0.871. The maximum atomic E-state index is 11.9. The smallest absolute Gasteiger partial charge is 0.411 e. The molecule has 0 saturated heterocycles. The monoisotopic (exact) mass is 325 g/mol. The molecule has 1 rings (SSSR count). The Hall–Kier alpha value is -1.80. The number of alkyl halides is 3. The predicted octanol–water partition coefficient (Wildman–Crippen LogP) is 2.34. The van der Waals surface area contributed by atoms with Gasteiger partial charge in [0, 0.05) is 10.7 Å². The van der Waals surface area contributed by atoms with Crippen molar-refractivity contribution < 1.29 is 32.6 Å². The minimum atomic E-state index is -4.56. The highest BCUT2D eigenvalue weighted by Gasteiger charge is 2.28. The zero-order valence-corrected chi connectivity index (χ0v) is 11.3. The number of carbonyl (C=O) groups is 2. The summed E-state index contributed by atoms with van der Waals surface area (Å²) in [5, 5.41) is 9.13. The van der Waals surface area contributed by atoms with Crippen LogP contribution in [0.1, 0.15) is 0 Å². The van der Waals surface area contributed by atoms with E-state index in [1.54, 1.807) is 0 Å². The maximum absolute atomic E-state index is 11.9. The molecule has 1 aromatic carbocycles. The fourth-order valence-corrected chi connectivity index (χ4v) is 1.54. The number of carboxylic acids is 1. The summed E-state index contributed by atoms with van der Waals surface area (Å²) in [6.45, 7) is -3.16. The molecule has 0 saturated carbocycles. The molecule has 0 radical (unpaired) electrons. The highest BCUT2D eigenvalue weighted by molar-refractivity contribution is 6.30. The van der Waals surface area contributed by atoms with Gasteiger partial charge in [-0.15, -0.1) is 0 Å². The van der Waals surface area contributed by atoms with E-state index in [2.05, 4.69) is 4.74 Å². The molecule has 1 aromatic rings. The standard InChI is InChI=1S/C12H11ClF3NO4/c13-8-1-3-9(4-2-8)17(5-11(19)20)10(18)6-21-7-12(14,15)16/h1-4H,5-7H2,(H,19,20). The molecule has 0 aliphatic rings. The second-order valence-corrected chi connectivity index (χ2v) is 4.39. The highest BCUT2D eigenvalue weighted by atomic mass is 35.5. The lowest BCUT2D eigenvalue weighted by atomic mass is 10.3. The largest absolute Gasteiger partial charge is 0.480 e. The first kappa shape index (κ1) is 17.3. The van der Waals surface area contributed by atoms with Crippen LogP contribution in [0.15, 0.2) is 24.3 Å². The molecule has 0 spiro atoms. The third kappa shape index (κ3) is 6.46. The van der Waals surface area contributed by atoms with Gasteiger partial charge in [-0.2, -0.15) is 13.2 Å². The SMILES string of the molecule is O=C(O)CN(C(=O)COCC(F)(F)F)c1ccc(Cl)cc1. The molecule has 116 valence electrons. The second-order valence-electron chi connectivity index (χ2n) is 3.96. The van der Waals surface area contributed by atoms with Gasteiger partial charge in [-0.3, -0.25) is 14.5 Å². The van der Waals surface area contributed by atoms with Crippen LogP contribution < -0.4 is 4.90 Å². The molecule has 0 aromatic heterocycles. The Morgan fingerprint density at radius 1 is 1.24 bits per heavy atom. The van der Waals surface area contributed by atoms with E-state index in [1.165, 1.54) is 24.3 Å².